The lowest BCUT2D eigenvalue weighted by Gasteiger charge is -2.16. The van der Waals surface area contributed by atoms with Gasteiger partial charge in [-0.3, -0.25) is 0 Å². The minimum absolute atomic E-state index is 0.333. The fourth-order valence-electron chi connectivity index (χ4n) is 4.18. The first kappa shape index (κ1) is 21.9. The van der Waals surface area contributed by atoms with Gasteiger partial charge in [0.15, 0.2) is 11.5 Å². The van der Waals surface area contributed by atoms with Gasteiger partial charge in [-0.05, 0) is 36.6 Å². The van der Waals surface area contributed by atoms with E-state index in [1.807, 2.05) is 6.07 Å². The molecule has 0 bridgehead atoms. The summed E-state index contributed by atoms with van der Waals surface area (Å²) in [5.41, 5.74) is 2.62. The van der Waals surface area contributed by atoms with Gasteiger partial charge in [0.25, 0.3) is 0 Å². The Labute approximate surface area is 210 Å². The van der Waals surface area contributed by atoms with Crippen molar-refractivity contribution in [2.75, 3.05) is 23.3 Å². The first-order valence-corrected chi connectivity index (χ1v) is 11.7. The molecule has 1 atom stereocenters. The Morgan fingerprint density at radius 3 is 2.97 bits per heavy atom. The number of aromatic nitrogens is 7. The Bertz CT molecular complexity index is 1610. The van der Waals surface area contributed by atoms with Crippen LogP contribution in [0.4, 0.5) is 17.5 Å². The molecule has 4 aromatic heterocycles. The highest BCUT2D eigenvalue weighted by molar-refractivity contribution is 6.32. The van der Waals surface area contributed by atoms with E-state index in [4.69, 9.17) is 26.6 Å². The second-order valence-electron chi connectivity index (χ2n) is 8.39. The number of rotatable bonds is 6. The summed E-state index contributed by atoms with van der Waals surface area (Å²) in [7, 11) is 0. The number of pyridine rings is 1. The highest BCUT2D eigenvalue weighted by Gasteiger charge is 2.24. The molecule has 36 heavy (non-hydrogen) atoms. The van der Waals surface area contributed by atoms with Crippen molar-refractivity contribution in [2.24, 2.45) is 5.92 Å². The van der Waals surface area contributed by atoms with Crippen molar-refractivity contribution in [1.29, 1.82) is 5.26 Å². The van der Waals surface area contributed by atoms with Crippen LogP contribution < -0.4 is 15.0 Å². The van der Waals surface area contributed by atoms with Gasteiger partial charge in [-0.2, -0.15) is 10.4 Å². The third-order valence-corrected chi connectivity index (χ3v) is 6.28. The van der Waals surface area contributed by atoms with Crippen LogP contribution in [0, 0.1) is 17.2 Å². The van der Waals surface area contributed by atoms with Crippen molar-refractivity contribution in [2.45, 2.75) is 12.8 Å². The molecule has 5 heterocycles. The molecule has 178 valence electrons. The summed E-state index contributed by atoms with van der Waals surface area (Å²) in [5, 5.41) is 16.8. The smallest absolute Gasteiger partial charge is 0.226 e. The van der Waals surface area contributed by atoms with E-state index in [1.165, 1.54) is 12.7 Å². The molecular formula is C24H19ClN10O. The molecule has 0 amide bonds. The maximum Gasteiger partial charge on any atom is 0.226 e. The highest BCUT2D eigenvalue weighted by Crippen LogP contribution is 2.33. The van der Waals surface area contributed by atoms with Crippen molar-refractivity contribution in [3.05, 3.63) is 60.4 Å². The predicted octanol–water partition coefficient (Wildman–Crippen LogP) is 4.39. The molecule has 1 N–H and O–H groups in total. The van der Waals surface area contributed by atoms with Crippen molar-refractivity contribution < 1.29 is 4.74 Å². The summed E-state index contributed by atoms with van der Waals surface area (Å²) in [4.78, 5) is 24.2. The van der Waals surface area contributed by atoms with Gasteiger partial charge in [0.2, 0.25) is 5.95 Å². The number of anilines is 3. The first-order chi connectivity index (χ1) is 17.7. The summed E-state index contributed by atoms with van der Waals surface area (Å²) in [6.45, 7) is 1.58. The fourth-order valence-corrected chi connectivity index (χ4v) is 4.40. The van der Waals surface area contributed by atoms with Gasteiger partial charge in [-0.15, -0.1) is 0 Å². The van der Waals surface area contributed by atoms with Gasteiger partial charge in [0, 0.05) is 37.5 Å². The molecule has 1 saturated heterocycles. The molecule has 1 aliphatic heterocycles. The normalized spacial score (nSPS) is 15.3. The topological polar surface area (TPSA) is 130 Å². The molecule has 11 nitrogen and oxygen atoms in total. The molecule has 0 aliphatic carbocycles. The molecule has 1 aromatic carbocycles. The van der Waals surface area contributed by atoms with Crippen LogP contribution >= 0.6 is 11.6 Å². The van der Waals surface area contributed by atoms with Crippen molar-refractivity contribution in [3.8, 4) is 17.6 Å². The van der Waals surface area contributed by atoms with Gasteiger partial charge < -0.3 is 15.0 Å². The summed E-state index contributed by atoms with van der Waals surface area (Å²) in [6, 6.07) is 11.2. The molecule has 1 fully saturated rings. The lowest BCUT2D eigenvalue weighted by atomic mass is 10.1. The van der Waals surface area contributed by atoms with Crippen LogP contribution in [0.25, 0.3) is 16.7 Å². The quantitative estimate of drug-likeness (QED) is 0.359. The van der Waals surface area contributed by atoms with Gasteiger partial charge in [-0.1, -0.05) is 11.6 Å². The number of nitrogens with zero attached hydrogens (tertiary/aromatic N) is 9. The Morgan fingerprint density at radius 2 is 2.08 bits per heavy atom. The van der Waals surface area contributed by atoms with E-state index < -0.39 is 0 Å². The minimum atomic E-state index is 0.333. The fraction of sp³-hybridized carbons (Fsp3) is 0.208. The molecule has 5 aromatic rings. The number of fused-ring (bicyclic) bond motifs is 2. The number of nitrogens with one attached hydrogen (secondary N) is 1. The Morgan fingerprint density at radius 1 is 1.14 bits per heavy atom. The molecule has 0 saturated carbocycles. The molecule has 6 rings (SSSR count). The maximum absolute atomic E-state index is 8.99. The molecule has 0 spiro atoms. The maximum atomic E-state index is 8.99. The third-order valence-electron chi connectivity index (χ3n) is 5.99. The molecule has 12 heteroatoms. The predicted molar refractivity (Wildman–Crippen MR) is 133 cm³/mol. The van der Waals surface area contributed by atoms with Gasteiger partial charge >= 0.3 is 0 Å². The minimum Gasteiger partial charge on any atom is -0.456 e. The van der Waals surface area contributed by atoms with Crippen LogP contribution in [0.3, 0.4) is 0 Å². The van der Waals surface area contributed by atoms with Gasteiger partial charge in [0.1, 0.15) is 35.2 Å². The van der Waals surface area contributed by atoms with E-state index in [-0.39, 0.29) is 0 Å². The summed E-state index contributed by atoms with van der Waals surface area (Å²) < 4.78 is 7.60. The Kier molecular flexibility index (Phi) is 5.63. The van der Waals surface area contributed by atoms with E-state index in [9.17, 15) is 0 Å². The van der Waals surface area contributed by atoms with Crippen molar-refractivity contribution >= 4 is 45.7 Å². The second-order valence-corrected chi connectivity index (χ2v) is 8.79. The number of hydrogen-bond acceptors (Lipinski definition) is 10. The van der Waals surface area contributed by atoms with E-state index in [2.05, 4.69) is 41.3 Å². The van der Waals surface area contributed by atoms with Crippen LogP contribution in [0.15, 0.2) is 55.4 Å². The zero-order chi connectivity index (χ0) is 24.5. The Hall–Kier alpha value is -4.56. The molecular weight excluding hydrogens is 480 g/mol. The summed E-state index contributed by atoms with van der Waals surface area (Å²) in [6.07, 6.45) is 7.89. The summed E-state index contributed by atoms with van der Waals surface area (Å²) in [5.74, 6) is 2.58. The lowest BCUT2D eigenvalue weighted by molar-refractivity contribution is 0.482. The van der Waals surface area contributed by atoms with Gasteiger partial charge in [0.05, 0.1) is 17.3 Å². The average molecular weight is 499 g/mol. The van der Waals surface area contributed by atoms with Crippen LogP contribution in [-0.4, -0.2) is 47.6 Å². The Balaban J connectivity index is 1.23. The summed E-state index contributed by atoms with van der Waals surface area (Å²) >= 11 is 6.53. The lowest BCUT2D eigenvalue weighted by Crippen LogP contribution is -2.22. The van der Waals surface area contributed by atoms with Crippen LogP contribution in [0.2, 0.25) is 5.02 Å². The number of halogens is 1. The zero-order valence-electron chi connectivity index (χ0n) is 18.9. The zero-order valence-corrected chi connectivity index (χ0v) is 19.7. The van der Waals surface area contributed by atoms with Crippen molar-refractivity contribution in [1.82, 2.24) is 34.5 Å². The number of ether oxygens (including phenoxy) is 1. The second kappa shape index (κ2) is 9.24. The van der Waals surface area contributed by atoms with Crippen molar-refractivity contribution in [3.63, 3.8) is 0 Å². The monoisotopic (exact) mass is 498 g/mol. The highest BCUT2D eigenvalue weighted by atomic mass is 35.5. The molecule has 0 radical (unpaired) electrons. The standard InChI is InChI=1S/C24H19ClN10O/c25-18-9-16(1-2-20(18)36-17-5-8-35-21(10-17)29-14-31-35)32-23-22-19(28-13-30-23)11-27-24(33-22)34-7-4-15(12-34)3-6-26/h1-2,5,8-11,13-15H,3-4,7,12H2,(H,28,30,32)/t15-/m1/s1. The van der Waals surface area contributed by atoms with Gasteiger partial charge in [-0.25, -0.2) is 29.4 Å². The van der Waals surface area contributed by atoms with Crippen LogP contribution in [-0.2, 0) is 0 Å². The first-order valence-electron chi connectivity index (χ1n) is 11.3. The average Bonchev–Trinajstić information content (AvgIpc) is 3.55. The van der Waals surface area contributed by atoms with E-state index in [1.54, 1.807) is 41.2 Å². The number of benzene rings is 1. The molecule has 1 aliphatic rings. The van der Waals surface area contributed by atoms with E-state index in [0.29, 0.717) is 57.3 Å². The van der Waals surface area contributed by atoms with Crippen LogP contribution in [0.5, 0.6) is 11.5 Å². The SMILES string of the molecule is N#CC[C@@H]1CCN(c2ncc3ncnc(Nc4ccc(Oc5ccn6ncnc6c5)c(Cl)c4)c3n2)C1. The third kappa shape index (κ3) is 4.30. The van der Waals surface area contributed by atoms with E-state index >= 15 is 0 Å². The number of nitriles is 1. The molecule has 0 unspecified atom stereocenters. The van der Waals surface area contributed by atoms with E-state index in [0.717, 1.165) is 25.2 Å². The van der Waals surface area contributed by atoms with Crippen LogP contribution in [0.1, 0.15) is 12.8 Å². The largest absolute Gasteiger partial charge is 0.456 e. The number of hydrogen-bond donors (Lipinski definition) is 1.